The van der Waals surface area contributed by atoms with Crippen LogP contribution in [0, 0.1) is 0 Å². The normalized spacial score (nSPS) is 18.2. The van der Waals surface area contributed by atoms with Gasteiger partial charge in [-0.3, -0.25) is 0 Å². The van der Waals surface area contributed by atoms with Crippen LogP contribution in [0.25, 0.3) is 0 Å². The molecule has 4 aromatic rings. The van der Waals surface area contributed by atoms with Crippen molar-refractivity contribution in [3.05, 3.63) is 91.0 Å². The number of rotatable bonds is 1. The third-order valence-electron chi connectivity index (χ3n) is 5.98. The van der Waals surface area contributed by atoms with E-state index < -0.39 is 29.5 Å². The van der Waals surface area contributed by atoms with E-state index in [1.165, 1.54) is 59.5 Å². The third-order valence-corrected chi connectivity index (χ3v) is 11.8. The van der Waals surface area contributed by atoms with Crippen molar-refractivity contribution in [3.63, 3.8) is 0 Å². The molecule has 2 aliphatic heterocycles. The summed E-state index contributed by atoms with van der Waals surface area (Å²) in [4.78, 5) is 0.212. The van der Waals surface area contributed by atoms with Crippen LogP contribution in [0.1, 0.15) is 0 Å². The first kappa shape index (κ1) is 21.1. The minimum Gasteiger partial charge on any atom is -0.306 e. The van der Waals surface area contributed by atoms with Crippen molar-refractivity contribution in [1.82, 2.24) is 0 Å². The Labute approximate surface area is 196 Å². The molecule has 0 saturated heterocycles. The number of sulfone groups is 3. The Kier molecular flexibility index (Phi) is 4.21. The first-order valence-electron chi connectivity index (χ1n) is 10.1. The molecule has 0 aliphatic carbocycles. The zero-order valence-corrected chi connectivity index (χ0v) is 19.7. The number of anilines is 3. The van der Waals surface area contributed by atoms with E-state index in [2.05, 4.69) is 0 Å². The summed E-state index contributed by atoms with van der Waals surface area (Å²) in [6.07, 6.45) is 0. The maximum Gasteiger partial charge on any atom is 0.211 e. The maximum atomic E-state index is 13.8. The van der Waals surface area contributed by atoms with E-state index >= 15 is 0 Å². The number of hydrogen-bond acceptors (Lipinski definition) is 7. The molecular formula is C24H15NO6S3. The zero-order chi connectivity index (χ0) is 23.9. The van der Waals surface area contributed by atoms with Crippen molar-refractivity contribution >= 4 is 46.6 Å². The first-order valence-corrected chi connectivity index (χ1v) is 14.6. The zero-order valence-electron chi connectivity index (χ0n) is 17.3. The average Bonchev–Trinajstić information content (AvgIpc) is 2.83. The lowest BCUT2D eigenvalue weighted by molar-refractivity contribution is 0.570. The highest BCUT2D eigenvalue weighted by atomic mass is 32.2. The first-order chi connectivity index (χ1) is 16.2. The van der Waals surface area contributed by atoms with Crippen molar-refractivity contribution in [1.29, 1.82) is 0 Å². The minimum absolute atomic E-state index is 0.00256. The van der Waals surface area contributed by atoms with Gasteiger partial charge in [-0.15, -0.1) is 0 Å². The van der Waals surface area contributed by atoms with Crippen molar-refractivity contribution in [2.45, 2.75) is 29.4 Å². The number of hydrogen-bond donors (Lipinski definition) is 0. The Morgan fingerprint density at radius 1 is 0.382 bits per heavy atom. The van der Waals surface area contributed by atoms with Crippen LogP contribution in [0.3, 0.4) is 0 Å². The Balaban J connectivity index is 1.76. The van der Waals surface area contributed by atoms with Crippen LogP contribution in [0.5, 0.6) is 0 Å². The van der Waals surface area contributed by atoms with Crippen molar-refractivity contribution < 1.29 is 25.3 Å². The van der Waals surface area contributed by atoms with Gasteiger partial charge in [0.2, 0.25) is 29.5 Å². The van der Waals surface area contributed by atoms with E-state index in [9.17, 15) is 25.3 Å². The number of fused-ring (bicyclic) bond motifs is 4. The van der Waals surface area contributed by atoms with Gasteiger partial charge in [0.25, 0.3) is 0 Å². The van der Waals surface area contributed by atoms with Gasteiger partial charge >= 0.3 is 0 Å². The Hall–Kier alpha value is -3.47. The van der Waals surface area contributed by atoms with Gasteiger partial charge in [0.15, 0.2) is 0 Å². The summed E-state index contributed by atoms with van der Waals surface area (Å²) in [7, 11) is -12.3. The van der Waals surface area contributed by atoms with Gasteiger partial charge in [0.1, 0.15) is 4.90 Å². The molecule has 170 valence electrons. The van der Waals surface area contributed by atoms with Crippen LogP contribution < -0.4 is 4.90 Å². The Morgan fingerprint density at radius 3 is 1.32 bits per heavy atom. The molecule has 0 spiro atoms. The lowest BCUT2D eigenvalue weighted by atomic mass is 10.2. The molecule has 10 heteroatoms. The second-order valence-corrected chi connectivity index (χ2v) is 13.5. The minimum atomic E-state index is -4.26. The molecule has 0 fully saturated rings. The number of nitrogens with zero attached hydrogens (tertiary/aromatic N) is 1. The predicted octanol–water partition coefficient (Wildman–Crippen LogP) is 4.28. The van der Waals surface area contributed by atoms with Crippen LogP contribution in [0.15, 0.2) is 120 Å². The lowest BCUT2D eigenvalue weighted by Crippen LogP contribution is -2.26. The molecule has 6 rings (SSSR count). The van der Waals surface area contributed by atoms with E-state index in [-0.39, 0.29) is 46.4 Å². The summed E-state index contributed by atoms with van der Waals surface area (Å²) >= 11 is 0. The average molecular weight is 510 g/mol. The summed E-state index contributed by atoms with van der Waals surface area (Å²) in [6, 6.07) is 22.2. The summed E-state index contributed by atoms with van der Waals surface area (Å²) in [5, 5.41) is 0. The largest absolute Gasteiger partial charge is 0.306 e. The number of para-hydroxylation sites is 2. The molecule has 0 unspecified atom stereocenters. The lowest BCUT2D eigenvalue weighted by Gasteiger charge is -2.35. The van der Waals surface area contributed by atoms with E-state index in [4.69, 9.17) is 0 Å². The summed E-state index contributed by atoms with van der Waals surface area (Å²) < 4.78 is 81.1. The van der Waals surface area contributed by atoms with Crippen molar-refractivity contribution in [3.8, 4) is 0 Å². The third kappa shape index (κ3) is 2.58. The van der Waals surface area contributed by atoms with E-state index in [0.29, 0.717) is 0 Å². The summed E-state index contributed by atoms with van der Waals surface area (Å²) in [5.74, 6) is 0. The van der Waals surface area contributed by atoms with Gasteiger partial charge in [-0.25, -0.2) is 25.3 Å². The van der Waals surface area contributed by atoms with E-state index in [0.717, 1.165) is 0 Å². The van der Waals surface area contributed by atoms with E-state index in [1.54, 1.807) is 36.4 Å². The van der Waals surface area contributed by atoms with Gasteiger partial charge in [0, 0.05) is 0 Å². The fourth-order valence-electron chi connectivity index (χ4n) is 4.53. The highest BCUT2D eigenvalue weighted by Gasteiger charge is 2.43. The molecule has 0 amide bonds. The Morgan fingerprint density at radius 2 is 0.765 bits per heavy atom. The second kappa shape index (κ2) is 6.78. The summed E-state index contributed by atoms with van der Waals surface area (Å²) in [5.41, 5.74) is 0.535. The van der Waals surface area contributed by atoms with Gasteiger partial charge in [0.05, 0.1) is 41.5 Å². The molecule has 0 aromatic heterocycles. The smallest absolute Gasteiger partial charge is 0.211 e. The van der Waals surface area contributed by atoms with Gasteiger partial charge in [-0.05, 0) is 48.5 Å². The van der Waals surface area contributed by atoms with Crippen molar-refractivity contribution in [2.24, 2.45) is 0 Å². The maximum absolute atomic E-state index is 13.8. The van der Waals surface area contributed by atoms with Crippen LogP contribution in [-0.4, -0.2) is 25.3 Å². The van der Waals surface area contributed by atoms with Crippen LogP contribution in [0.4, 0.5) is 17.1 Å². The standard InChI is InChI=1S/C24H15NO6S3/c26-32(27)19-11-3-1-8-16(19)25(17-9-2-4-12-20(17)32)18-10-7-15-23-24(18)34(30,31)22-14-6-5-13-21(22)33(23,28)29/h1-15H. The van der Waals surface area contributed by atoms with Crippen LogP contribution in [0.2, 0.25) is 0 Å². The van der Waals surface area contributed by atoms with Gasteiger partial charge in [-0.1, -0.05) is 42.5 Å². The molecule has 0 radical (unpaired) electrons. The molecule has 2 heterocycles. The molecule has 34 heavy (non-hydrogen) atoms. The van der Waals surface area contributed by atoms with Crippen molar-refractivity contribution in [2.75, 3.05) is 4.90 Å². The summed E-state index contributed by atoms with van der Waals surface area (Å²) in [6.45, 7) is 0. The molecule has 0 N–H and O–H groups in total. The number of benzene rings is 4. The molecule has 0 saturated carbocycles. The molecule has 2 aliphatic rings. The quantitative estimate of drug-likeness (QED) is 0.326. The molecule has 4 aromatic carbocycles. The van der Waals surface area contributed by atoms with Crippen LogP contribution >= 0.6 is 0 Å². The molecule has 0 bridgehead atoms. The molecule has 0 atom stereocenters. The Bertz CT molecular complexity index is 1810. The van der Waals surface area contributed by atoms with Gasteiger partial charge in [-0.2, -0.15) is 0 Å². The SMILES string of the molecule is O=S1(=O)c2ccccc2N(c2cccc3c2S(=O)(=O)c2ccccc2S3(=O)=O)c2ccccc21. The van der Waals surface area contributed by atoms with Gasteiger partial charge < -0.3 is 4.90 Å². The monoisotopic (exact) mass is 509 g/mol. The van der Waals surface area contributed by atoms with Crippen LogP contribution in [-0.2, 0) is 29.5 Å². The predicted molar refractivity (Wildman–Crippen MR) is 124 cm³/mol. The molecule has 7 nitrogen and oxygen atoms in total. The highest BCUT2D eigenvalue weighted by Crippen LogP contribution is 2.52. The topological polar surface area (TPSA) is 106 Å². The second-order valence-electron chi connectivity index (χ2n) is 7.83. The highest BCUT2D eigenvalue weighted by molar-refractivity contribution is 7.97. The molecular weight excluding hydrogens is 494 g/mol. The fourth-order valence-corrected chi connectivity index (χ4v) is 10.5. The fraction of sp³-hybridized carbons (Fsp3) is 0. The van der Waals surface area contributed by atoms with E-state index in [1.807, 2.05) is 0 Å².